The number of allylic oxidation sites excluding steroid dienone is 7. The minimum absolute atomic E-state index is 0.0289. The Morgan fingerprint density at radius 2 is 1.66 bits per heavy atom. The normalized spacial score (nSPS) is 43.8. The van der Waals surface area contributed by atoms with Gasteiger partial charge in [0.05, 0.1) is 18.6 Å². The molecular formula is C33H43NO4. The van der Waals surface area contributed by atoms with Gasteiger partial charge in [0, 0.05) is 11.0 Å². The maximum Gasteiger partial charge on any atom is 0.343 e. The van der Waals surface area contributed by atoms with Crippen LogP contribution >= 0.6 is 0 Å². The van der Waals surface area contributed by atoms with Crippen LogP contribution in [0.25, 0.3) is 0 Å². The summed E-state index contributed by atoms with van der Waals surface area (Å²) in [7, 11) is 1.31. The van der Waals surface area contributed by atoms with Crippen molar-refractivity contribution in [2.24, 2.45) is 32.5 Å². The van der Waals surface area contributed by atoms with E-state index < -0.39 is 5.97 Å². The predicted octanol–water partition coefficient (Wildman–Crippen LogP) is 7.16. The fourth-order valence-electron chi connectivity index (χ4n) is 9.54. The molecule has 3 saturated carbocycles. The van der Waals surface area contributed by atoms with Crippen LogP contribution in [0.15, 0.2) is 46.3 Å². The summed E-state index contributed by atoms with van der Waals surface area (Å²) in [4.78, 5) is 25.0. The van der Waals surface area contributed by atoms with Gasteiger partial charge in [0.15, 0.2) is 12.4 Å². The molecule has 6 atom stereocenters. The molecule has 5 heteroatoms. The van der Waals surface area contributed by atoms with E-state index in [4.69, 9.17) is 9.47 Å². The summed E-state index contributed by atoms with van der Waals surface area (Å²) < 4.78 is 10.3. The Balaban J connectivity index is 1.61. The highest BCUT2D eigenvalue weighted by molar-refractivity contribution is 6.07. The molecule has 0 aromatic rings. The van der Waals surface area contributed by atoms with E-state index in [2.05, 4.69) is 59.8 Å². The van der Waals surface area contributed by atoms with E-state index in [0.717, 1.165) is 61.7 Å². The second kappa shape index (κ2) is 8.20. The standard InChI is InChI=1S/C33H43NO4/c1-21-22-9-10-25-30(4,23(22)17-24(35)27(21)38-18-26(36)37-8)14-16-32(6)31(25,5)15-13-29(3)12-11-28(2,20-34)19-33(29,32)7/h9-10,17H,11-16,18-19H2,1-8H3/t28-,29-,30+,31-,32-,33-/m1/s1. The zero-order valence-corrected chi connectivity index (χ0v) is 24.5. The van der Waals surface area contributed by atoms with Crippen LogP contribution in [0.5, 0.6) is 0 Å². The lowest BCUT2D eigenvalue weighted by molar-refractivity contribution is -0.218. The van der Waals surface area contributed by atoms with Crippen molar-refractivity contribution in [3.8, 4) is 6.07 Å². The maximum absolute atomic E-state index is 13.3. The van der Waals surface area contributed by atoms with Crippen LogP contribution in [0.2, 0.25) is 0 Å². The van der Waals surface area contributed by atoms with Gasteiger partial charge in [-0.15, -0.1) is 0 Å². The third-order valence-corrected chi connectivity index (χ3v) is 12.6. The topological polar surface area (TPSA) is 76.4 Å². The molecule has 204 valence electrons. The lowest BCUT2D eigenvalue weighted by atomic mass is 9.29. The number of esters is 1. The molecule has 0 radical (unpaired) electrons. The van der Waals surface area contributed by atoms with Crippen LogP contribution in [-0.4, -0.2) is 25.5 Å². The van der Waals surface area contributed by atoms with E-state index >= 15 is 0 Å². The predicted molar refractivity (Wildman–Crippen MR) is 146 cm³/mol. The van der Waals surface area contributed by atoms with Crippen LogP contribution in [0.3, 0.4) is 0 Å². The molecule has 0 heterocycles. The summed E-state index contributed by atoms with van der Waals surface area (Å²) in [5.41, 5.74) is 4.02. The smallest absolute Gasteiger partial charge is 0.343 e. The number of hydrogen-bond donors (Lipinski definition) is 0. The monoisotopic (exact) mass is 517 g/mol. The first kappa shape index (κ1) is 27.0. The van der Waals surface area contributed by atoms with Gasteiger partial charge in [-0.1, -0.05) is 52.3 Å². The van der Waals surface area contributed by atoms with Crippen molar-refractivity contribution in [1.82, 2.24) is 0 Å². The Kier molecular flexibility index (Phi) is 5.82. The molecule has 0 spiro atoms. The van der Waals surface area contributed by atoms with E-state index in [1.165, 1.54) is 12.7 Å². The fourth-order valence-corrected chi connectivity index (χ4v) is 9.54. The molecule has 3 fully saturated rings. The van der Waals surface area contributed by atoms with Gasteiger partial charge in [0.25, 0.3) is 0 Å². The largest absolute Gasteiger partial charge is 0.477 e. The zero-order chi connectivity index (χ0) is 27.9. The molecule has 38 heavy (non-hydrogen) atoms. The van der Waals surface area contributed by atoms with Gasteiger partial charge in [0.1, 0.15) is 0 Å². The van der Waals surface area contributed by atoms with Crippen molar-refractivity contribution in [2.75, 3.05) is 13.7 Å². The molecule has 0 amide bonds. The first-order chi connectivity index (χ1) is 17.6. The first-order valence-electron chi connectivity index (χ1n) is 14.2. The quantitative estimate of drug-likeness (QED) is 0.371. The first-order valence-corrected chi connectivity index (χ1v) is 14.2. The summed E-state index contributed by atoms with van der Waals surface area (Å²) >= 11 is 0. The molecule has 5 aliphatic carbocycles. The third-order valence-electron chi connectivity index (χ3n) is 12.6. The second-order valence-corrected chi connectivity index (χ2v) is 14.1. The highest BCUT2D eigenvalue weighted by Crippen LogP contribution is 2.79. The van der Waals surface area contributed by atoms with E-state index in [1.54, 1.807) is 6.08 Å². The van der Waals surface area contributed by atoms with Gasteiger partial charge in [-0.25, -0.2) is 4.79 Å². The van der Waals surface area contributed by atoms with E-state index in [9.17, 15) is 14.9 Å². The number of carbonyl (C=O) groups excluding carboxylic acids is 2. The number of hydrogen-bond acceptors (Lipinski definition) is 5. The van der Waals surface area contributed by atoms with Crippen molar-refractivity contribution in [1.29, 1.82) is 5.26 Å². The molecule has 5 aliphatic rings. The SMILES string of the molecule is COC(=O)COC1=C(C)C2=CC=C3[C@@](C)(CC[C@@]4(C)[C@]5(C)C[C@](C)(C#N)CC[C@]5(C)CC[C@]34C)C2=CC1=O. The average molecular weight is 518 g/mol. The molecule has 0 saturated heterocycles. The molecule has 0 N–H and O–H groups in total. The Morgan fingerprint density at radius 1 is 0.974 bits per heavy atom. The number of nitrogens with zero attached hydrogens (tertiary/aromatic N) is 1. The lowest BCUT2D eigenvalue weighted by Crippen LogP contribution is -2.66. The average Bonchev–Trinajstić information content (AvgIpc) is 2.87. The number of fused-ring (bicyclic) bond motifs is 7. The number of nitriles is 1. The van der Waals surface area contributed by atoms with Crippen molar-refractivity contribution >= 4 is 11.8 Å². The summed E-state index contributed by atoms with van der Waals surface area (Å²) in [6.07, 6.45) is 13.6. The Morgan fingerprint density at radius 3 is 2.32 bits per heavy atom. The van der Waals surface area contributed by atoms with Gasteiger partial charge < -0.3 is 9.47 Å². The van der Waals surface area contributed by atoms with E-state index in [1.807, 2.05) is 6.92 Å². The maximum atomic E-state index is 13.3. The molecule has 0 unspecified atom stereocenters. The van der Waals surface area contributed by atoms with Gasteiger partial charge in [-0.3, -0.25) is 4.79 Å². The molecule has 5 nitrogen and oxygen atoms in total. The van der Waals surface area contributed by atoms with Crippen LogP contribution in [-0.2, 0) is 19.1 Å². The van der Waals surface area contributed by atoms with Crippen LogP contribution in [0, 0.1) is 43.8 Å². The number of ether oxygens (including phenoxy) is 2. The lowest BCUT2D eigenvalue weighted by Gasteiger charge is -2.74. The summed E-state index contributed by atoms with van der Waals surface area (Å²) in [6.45, 7) is 16.1. The zero-order valence-electron chi connectivity index (χ0n) is 24.5. The van der Waals surface area contributed by atoms with Crippen molar-refractivity contribution < 1.29 is 19.1 Å². The summed E-state index contributed by atoms with van der Waals surface area (Å²) in [5, 5.41) is 10.1. The summed E-state index contributed by atoms with van der Waals surface area (Å²) in [5.74, 6) is -0.455. The number of ketones is 1. The minimum Gasteiger partial charge on any atom is -0.477 e. The van der Waals surface area contributed by atoms with Crippen LogP contribution in [0.4, 0.5) is 0 Å². The molecule has 0 aliphatic heterocycles. The van der Waals surface area contributed by atoms with E-state index in [0.29, 0.717) is 0 Å². The van der Waals surface area contributed by atoms with Gasteiger partial charge in [-0.05, 0) is 97.7 Å². The second-order valence-electron chi connectivity index (χ2n) is 14.1. The highest BCUT2D eigenvalue weighted by Gasteiger charge is 2.71. The van der Waals surface area contributed by atoms with Gasteiger partial charge in [0.2, 0.25) is 5.78 Å². The fraction of sp³-hybridized carbons (Fsp3) is 0.667. The highest BCUT2D eigenvalue weighted by atomic mass is 16.6. The van der Waals surface area contributed by atoms with Crippen LogP contribution in [0.1, 0.15) is 93.4 Å². The molecular weight excluding hydrogens is 474 g/mol. The minimum atomic E-state index is -0.507. The van der Waals surface area contributed by atoms with Gasteiger partial charge in [-0.2, -0.15) is 5.26 Å². The third kappa shape index (κ3) is 3.21. The molecule has 0 aromatic heterocycles. The van der Waals surface area contributed by atoms with Crippen molar-refractivity contribution in [3.63, 3.8) is 0 Å². The number of carbonyl (C=O) groups is 2. The van der Waals surface area contributed by atoms with Crippen molar-refractivity contribution in [3.05, 3.63) is 46.3 Å². The van der Waals surface area contributed by atoms with E-state index in [-0.39, 0.29) is 50.6 Å². The number of methoxy groups -OCH3 is 1. The van der Waals surface area contributed by atoms with Crippen molar-refractivity contribution in [2.45, 2.75) is 93.4 Å². The Labute approximate surface area is 228 Å². The van der Waals surface area contributed by atoms with Crippen LogP contribution < -0.4 is 0 Å². The Hall–Kier alpha value is -2.61. The molecule has 5 rings (SSSR count). The number of rotatable bonds is 3. The van der Waals surface area contributed by atoms with Gasteiger partial charge >= 0.3 is 5.97 Å². The molecule has 0 aromatic carbocycles. The Bertz CT molecular complexity index is 1290. The summed E-state index contributed by atoms with van der Waals surface area (Å²) in [6, 6.07) is 2.70. The molecule has 0 bridgehead atoms.